The fourth-order valence-electron chi connectivity index (χ4n) is 0.380. The molecule has 0 atom stereocenters. The minimum absolute atomic E-state index is 0. The molecular weight excluding hydrogens is 183 g/mol. The van der Waals surface area contributed by atoms with Gasteiger partial charge in [-0.3, -0.25) is 0 Å². The summed E-state index contributed by atoms with van der Waals surface area (Å²) in [6.07, 6.45) is 0. The monoisotopic (exact) mass is 185 g/mol. The van der Waals surface area contributed by atoms with E-state index >= 15 is 0 Å². The molecule has 0 aromatic carbocycles. The molecule has 0 bridgehead atoms. The second-order valence-electron chi connectivity index (χ2n) is 1.38. The zero-order valence-corrected chi connectivity index (χ0v) is 8.85. The maximum Gasteiger partial charge on any atom is 0.164 e. The van der Waals surface area contributed by atoms with E-state index in [4.69, 9.17) is 16.8 Å². The summed E-state index contributed by atoms with van der Waals surface area (Å²) in [7, 11) is 0. The first-order valence-electron chi connectivity index (χ1n) is 2.15. The Labute approximate surface area is 89.9 Å². The van der Waals surface area contributed by atoms with Gasteiger partial charge in [-0.1, -0.05) is 28.7 Å². The fourth-order valence-corrected chi connectivity index (χ4v) is 0.623. The van der Waals surface area contributed by atoms with Crippen LogP contribution < -0.4 is 0 Å². The minimum Gasteiger partial charge on any atom is -0.411 e. The molecule has 1 aromatic rings. The van der Waals surface area contributed by atoms with Gasteiger partial charge < -0.3 is 5.21 Å². The van der Waals surface area contributed by atoms with Gasteiger partial charge in [0.1, 0.15) is 0 Å². The molecule has 0 aliphatic carbocycles. The molecule has 0 spiro atoms. The Morgan fingerprint density at radius 1 is 1.60 bits per heavy atom. The zero-order chi connectivity index (χ0) is 6.85. The second kappa shape index (κ2) is 4.31. The number of aromatic nitrogens is 2. The van der Waals surface area contributed by atoms with Crippen molar-refractivity contribution in [3.8, 4) is 0 Å². The zero-order valence-electron chi connectivity index (χ0n) is 5.28. The number of hydrogen-bond acceptors (Lipinski definition) is 3. The summed E-state index contributed by atoms with van der Waals surface area (Å²) in [6, 6.07) is 3.00. The van der Waals surface area contributed by atoms with Crippen molar-refractivity contribution in [2.75, 3.05) is 0 Å². The Bertz CT molecular complexity index is 276. The first-order chi connectivity index (χ1) is 4.20. The van der Waals surface area contributed by atoms with E-state index in [1.807, 2.05) is 0 Å². The molecule has 0 fully saturated rings. The third-order valence-electron chi connectivity index (χ3n) is 0.751. The molecule has 0 unspecified atom stereocenters. The summed E-state index contributed by atoms with van der Waals surface area (Å²) in [4.78, 5) is 0.553. The summed E-state index contributed by atoms with van der Waals surface area (Å²) >= 11 is 9.98. The van der Waals surface area contributed by atoms with Crippen molar-refractivity contribution in [3.05, 3.63) is 21.9 Å². The smallest absolute Gasteiger partial charge is 0.164 e. The molecule has 1 radical (unpaired) electrons. The summed E-state index contributed by atoms with van der Waals surface area (Å²) in [5, 5.41) is 12.3. The Balaban J connectivity index is 0.000000810. The van der Waals surface area contributed by atoms with Gasteiger partial charge in [-0.15, -0.1) is 5.10 Å². The van der Waals surface area contributed by atoms with Crippen LogP contribution in [0.1, 0.15) is 0 Å². The van der Waals surface area contributed by atoms with Gasteiger partial charge in [-0.2, -0.15) is 0 Å². The van der Waals surface area contributed by atoms with Crippen LogP contribution in [0.3, 0.4) is 0 Å². The summed E-state index contributed by atoms with van der Waals surface area (Å²) < 4.78 is 0.236. The molecule has 0 saturated heterocycles. The molecule has 3 nitrogen and oxygen atoms in total. The quantitative estimate of drug-likeness (QED) is 0.374. The van der Waals surface area contributed by atoms with Crippen LogP contribution >= 0.6 is 23.8 Å². The number of hydrogen-bond donors (Lipinski definition) is 1. The van der Waals surface area contributed by atoms with Crippen molar-refractivity contribution in [1.29, 1.82) is 0 Å². The van der Waals surface area contributed by atoms with Gasteiger partial charge in [-0.25, -0.2) is 0 Å². The van der Waals surface area contributed by atoms with Crippen molar-refractivity contribution in [2.45, 2.75) is 0 Å². The van der Waals surface area contributed by atoms with E-state index in [1.165, 1.54) is 12.1 Å². The summed E-state index contributed by atoms with van der Waals surface area (Å²) in [5.74, 6) is 0. The molecule has 1 heterocycles. The predicted molar refractivity (Wildman–Crippen MR) is 41.0 cm³/mol. The molecule has 0 aliphatic heterocycles. The van der Waals surface area contributed by atoms with E-state index in [9.17, 15) is 0 Å². The fraction of sp³-hybridized carbons (Fsp3) is 0. The molecule has 0 saturated carbocycles. The van der Waals surface area contributed by atoms with Crippen LogP contribution in [-0.2, 0) is 0 Å². The maximum atomic E-state index is 8.72. The van der Waals surface area contributed by atoms with E-state index in [0.29, 0.717) is 4.85 Å². The van der Waals surface area contributed by atoms with Crippen molar-refractivity contribution in [1.82, 2.24) is 9.94 Å². The molecule has 0 amide bonds. The largest absolute Gasteiger partial charge is 0.411 e. The van der Waals surface area contributed by atoms with E-state index < -0.39 is 0 Å². The average Bonchev–Trinajstić information content (AvgIpc) is 1.80. The van der Waals surface area contributed by atoms with Gasteiger partial charge in [-0.05, 0) is 12.1 Å². The third-order valence-corrected chi connectivity index (χ3v) is 1.25. The Morgan fingerprint density at radius 3 is 2.60 bits per heavy atom. The third kappa shape index (κ3) is 2.56. The average molecular weight is 186 g/mol. The van der Waals surface area contributed by atoms with Gasteiger partial charge >= 0.3 is 0 Å². The van der Waals surface area contributed by atoms with Crippen molar-refractivity contribution < 1.29 is 5.21 Å². The first kappa shape index (κ1) is 10.4. The van der Waals surface area contributed by atoms with Crippen molar-refractivity contribution in [3.63, 3.8) is 0 Å². The van der Waals surface area contributed by atoms with Crippen LogP contribution in [0.15, 0.2) is 12.1 Å². The normalized spacial score (nSPS) is 8.50. The molecule has 49 valence electrons. The van der Waals surface area contributed by atoms with E-state index in [2.05, 4.69) is 17.3 Å². The topological polar surface area (TPSA) is 38.0 Å². The summed E-state index contributed by atoms with van der Waals surface area (Å²) in [6.45, 7) is 0. The van der Waals surface area contributed by atoms with Crippen LogP contribution in [0.2, 0.25) is 5.15 Å². The maximum absolute atomic E-state index is 8.72. The Morgan fingerprint density at radius 2 is 2.20 bits per heavy atom. The van der Waals surface area contributed by atoms with Gasteiger partial charge in [0.15, 0.2) is 9.79 Å². The molecule has 10 heavy (non-hydrogen) atoms. The van der Waals surface area contributed by atoms with E-state index in [-0.39, 0.29) is 39.4 Å². The minimum atomic E-state index is 0. The van der Waals surface area contributed by atoms with Crippen molar-refractivity contribution >= 4 is 53.4 Å². The van der Waals surface area contributed by atoms with Gasteiger partial charge in [0.2, 0.25) is 0 Å². The van der Waals surface area contributed by atoms with Crippen LogP contribution in [0, 0.1) is 4.64 Å². The second-order valence-corrected chi connectivity index (χ2v) is 2.19. The van der Waals surface area contributed by atoms with Crippen LogP contribution in [0.5, 0.6) is 0 Å². The first-order valence-corrected chi connectivity index (χ1v) is 2.94. The van der Waals surface area contributed by atoms with Gasteiger partial charge in [0.25, 0.3) is 0 Å². The van der Waals surface area contributed by atoms with E-state index in [1.54, 1.807) is 0 Å². The standard InChI is InChI=1S/C4H3ClN2OS.Na/c5-3-1-2-4(9)7(8)6-3;/h1-2,8H;. The Kier molecular flexibility index (Phi) is 4.47. The van der Waals surface area contributed by atoms with Gasteiger partial charge in [0.05, 0.1) is 0 Å². The molecule has 1 rings (SSSR count). The number of halogens is 1. The SMILES string of the molecule is On1nc(Cl)ccc1=S.[Na]. The Hall–Kier alpha value is 0.390. The summed E-state index contributed by atoms with van der Waals surface area (Å²) in [5.41, 5.74) is 0. The number of nitrogens with zero attached hydrogens (tertiary/aromatic N) is 2. The molecular formula is C4H3ClN2NaOS. The van der Waals surface area contributed by atoms with Crippen LogP contribution in [-0.4, -0.2) is 44.7 Å². The van der Waals surface area contributed by atoms with E-state index in [0.717, 1.165) is 0 Å². The molecule has 1 N–H and O–H groups in total. The number of rotatable bonds is 0. The molecule has 1 aromatic heterocycles. The molecule has 0 aliphatic rings. The predicted octanol–water partition coefficient (Wildman–Crippen LogP) is 1.12. The molecule has 6 heteroatoms. The van der Waals surface area contributed by atoms with Crippen LogP contribution in [0.4, 0.5) is 0 Å². The van der Waals surface area contributed by atoms with Crippen LogP contribution in [0.25, 0.3) is 0 Å². The van der Waals surface area contributed by atoms with Gasteiger partial charge in [0, 0.05) is 29.6 Å². The van der Waals surface area contributed by atoms with Crippen molar-refractivity contribution in [2.24, 2.45) is 0 Å².